The molecule has 1 aliphatic rings. The van der Waals surface area contributed by atoms with E-state index in [9.17, 15) is 0 Å². The van der Waals surface area contributed by atoms with E-state index >= 15 is 0 Å². The molecule has 1 aliphatic carbocycles. The van der Waals surface area contributed by atoms with Crippen LogP contribution in [0.4, 0.5) is 51.2 Å². The zero-order valence-electron chi connectivity index (χ0n) is 74.9. The summed E-state index contributed by atoms with van der Waals surface area (Å²) in [6.07, 6.45) is 0. The van der Waals surface area contributed by atoms with Crippen LogP contribution in [0.5, 0.6) is 0 Å². The van der Waals surface area contributed by atoms with E-state index < -0.39 is 0 Å². The van der Waals surface area contributed by atoms with Crippen molar-refractivity contribution in [2.75, 3.05) is 14.7 Å². The van der Waals surface area contributed by atoms with E-state index in [0.717, 1.165) is 172 Å². The number of furan rings is 4. The van der Waals surface area contributed by atoms with Gasteiger partial charge in [0.1, 0.15) is 39.1 Å². The molecule has 0 saturated heterocycles. The van der Waals surface area contributed by atoms with Gasteiger partial charge in [0.25, 0.3) is 0 Å². The average Bonchev–Trinajstić information content (AvgIpc) is 1.57. The second-order valence-electron chi connectivity index (χ2n) is 35.3. The van der Waals surface area contributed by atoms with E-state index in [1.165, 1.54) is 66.8 Å². The van der Waals surface area contributed by atoms with Crippen molar-refractivity contribution in [2.45, 2.75) is 19.3 Å². The summed E-state index contributed by atoms with van der Waals surface area (Å²) >= 11 is 0. The molecule has 0 fully saturated rings. The lowest BCUT2D eigenvalue weighted by Crippen LogP contribution is -2.16. The fraction of sp³-hybridized carbons (Fsp3) is 0.0233. The maximum atomic E-state index is 6.45. The van der Waals surface area contributed by atoms with Crippen molar-refractivity contribution in [1.82, 2.24) is 0 Å². The molecule has 4 aromatic heterocycles. The summed E-state index contributed by atoms with van der Waals surface area (Å²) in [4.78, 5) is 6.97. The fourth-order valence-electron chi connectivity index (χ4n) is 20.1. The van der Waals surface area contributed by atoms with Gasteiger partial charge in [-0.3, -0.25) is 0 Å². The normalized spacial score (nSPS) is 12.0. The lowest BCUT2D eigenvalue weighted by Gasteiger charge is -2.28. The van der Waals surface area contributed by atoms with Gasteiger partial charge in [0.15, 0.2) is 5.58 Å². The van der Waals surface area contributed by atoms with Gasteiger partial charge in [-0.25, -0.2) is 0 Å². The van der Waals surface area contributed by atoms with Gasteiger partial charge in [-0.2, -0.15) is 0 Å². The van der Waals surface area contributed by atoms with Crippen molar-refractivity contribution < 1.29 is 17.7 Å². The monoisotopic (exact) mass is 1740 g/mol. The largest absolute Gasteiger partial charge is 0.455 e. The Morgan fingerprint density at radius 1 is 0.154 bits per heavy atom. The molecular weight excluding hydrogens is 1660 g/mol. The molecule has 7 nitrogen and oxygen atoms in total. The number of hydrogen-bond donors (Lipinski definition) is 0. The molecule has 0 radical (unpaired) electrons. The number of hydrogen-bond acceptors (Lipinski definition) is 7. The van der Waals surface area contributed by atoms with Crippen molar-refractivity contribution in [3.63, 3.8) is 0 Å². The Hall–Kier alpha value is -17.8. The average molecular weight is 1750 g/mol. The molecule has 0 N–H and O–H groups in total. The van der Waals surface area contributed by atoms with Crippen LogP contribution in [0.2, 0.25) is 0 Å². The van der Waals surface area contributed by atoms with Crippen LogP contribution in [0, 0.1) is 0 Å². The van der Waals surface area contributed by atoms with Gasteiger partial charge in [-0.1, -0.05) is 390 Å². The number of anilines is 9. The molecule has 26 rings (SSSR count). The van der Waals surface area contributed by atoms with Crippen LogP contribution < -0.4 is 14.7 Å². The Morgan fingerprint density at radius 3 is 0.721 bits per heavy atom. The minimum atomic E-state index is -0.0834. The second-order valence-corrected chi connectivity index (χ2v) is 35.3. The maximum absolute atomic E-state index is 6.45. The molecule has 0 spiro atoms. The first-order valence-corrected chi connectivity index (χ1v) is 46.4. The summed E-state index contributed by atoms with van der Waals surface area (Å²) in [5.74, 6) is 0. The fourth-order valence-corrected chi connectivity index (χ4v) is 20.1. The lowest BCUT2D eigenvalue weighted by atomic mass is 9.82. The van der Waals surface area contributed by atoms with Gasteiger partial charge in [0.05, 0.1) is 5.69 Å². The number of para-hydroxylation sites is 8. The molecule has 21 aromatic carbocycles. The van der Waals surface area contributed by atoms with Gasteiger partial charge in [-0.15, -0.1) is 0 Å². The standard InChI is InChI=1S/C48H31NO2.C45H33NO.C36H25NO/c1-2-10-32(11-3-1)33-20-26-36(27-21-33)49(37-28-22-34(23-29-37)39-14-8-16-43-41-12-4-6-18-45(41)50-47(39)43)38-30-24-35(25-31-38)40-15-9-17-44-42-13-5-7-19-46(42)51-48(40)44;1-45(2)41-17-8-6-13-37(41)38-28-27-35(29-42(38)45)46(33-23-19-31(20-24-33)30-11-4-3-5-12-30)34-25-21-32(22-26-34)36-15-10-16-40-39-14-7-9-18-43(39)47-44(36)40;1-3-10-26(11-4-1)28-18-22-30(23-19-28)37(31-24-20-29(21-25-31)27-12-5-2-6-13-27)34-16-9-15-33-32-14-7-8-17-35(32)38-36(33)34/h1-31H;3-29H,1-2H3;1-25H. The van der Waals surface area contributed by atoms with Crippen molar-refractivity contribution >= 4 is 139 Å². The van der Waals surface area contributed by atoms with Gasteiger partial charge < -0.3 is 32.4 Å². The van der Waals surface area contributed by atoms with E-state index in [-0.39, 0.29) is 5.41 Å². The quantitative estimate of drug-likeness (QED) is 0.0955. The highest BCUT2D eigenvalue weighted by atomic mass is 16.3. The minimum absolute atomic E-state index is 0.0834. The Balaban J connectivity index is 0.000000113. The highest BCUT2D eigenvalue weighted by molar-refractivity contribution is 6.14. The molecule has 0 unspecified atom stereocenters. The number of rotatable bonds is 16. The highest BCUT2D eigenvalue weighted by Gasteiger charge is 2.36. The topological polar surface area (TPSA) is 62.3 Å². The van der Waals surface area contributed by atoms with Gasteiger partial charge in [-0.05, 0) is 211 Å². The molecule has 0 aliphatic heterocycles. The summed E-state index contributed by atoms with van der Waals surface area (Å²) in [5, 5.41) is 9.06. The van der Waals surface area contributed by atoms with Crippen LogP contribution in [0.3, 0.4) is 0 Å². The van der Waals surface area contributed by atoms with Crippen LogP contribution >= 0.6 is 0 Å². The Morgan fingerprint density at radius 2 is 0.382 bits per heavy atom. The third-order valence-electron chi connectivity index (χ3n) is 26.9. The van der Waals surface area contributed by atoms with Crippen LogP contribution in [-0.4, -0.2) is 0 Å². The van der Waals surface area contributed by atoms with E-state index in [2.05, 4.69) is 471 Å². The molecule has 4 heterocycles. The van der Waals surface area contributed by atoms with Crippen molar-refractivity contribution in [2.24, 2.45) is 0 Å². The predicted octanol–water partition coefficient (Wildman–Crippen LogP) is 37.0. The smallest absolute Gasteiger partial charge is 0.159 e. The van der Waals surface area contributed by atoms with Crippen LogP contribution in [0.15, 0.2) is 521 Å². The number of nitrogens with zero attached hydrogens (tertiary/aromatic N) is 3. The number of fused-ring (bicyclic) bond motifs is 15. The molecule has 644 valence electrons. The van der Waals surface area contributed by atoms with Crippen molar-refractivity contribution in [3.8, 4) is 89.0 Å². The van der Waals surface area contributed by atoms with Gasteiger partial charge in [0.2, 0.25) is 0 Å². The summed E-state index contributed by atoms with van der Waals surface area (Å²) in [7, 11) is 0. The summed E-state index contributed by atoms with van der Waals surface area (Å²) < 4.78 is 25.6. The Kier molecular flexibility index (Phi) is 20.9. The lowest BCUT2D eigenvalue weighted by molar-refractivity contribution is 0.660. The second kappa shape index (κ2) is 34.8. The van der Waals surface area contributed by atoms with E-state index in [0.29, 0.717) is 0 Å². The Labute approximate surface area is 788 Å². The molecule has 25 aromatic rings. The van der Waals surface area contributed by atoms with E-state index in [1.54, 1.807) is 0 Å². The molecule has 0 amide bonds. The third kappa shape index (κ3) is 15.0. The summed E-state index contributed by atoms with van der Waals surface area (Å²) in [6.45, 7) is 4.68. The third-order valence-corrected chi connectivity index (χ3v) is 26.9. The van der Waals surface area contributed by atoms with Gasteiger partial charge in [0, 0.05) is 111 Å². The van der Waals surface area contributed by atoms with Crippen LogP contribution in [0.1, 0.15) is 25.0 Å². The summed E-state index contributed by atoms with van der Waals surface area (Å²) in [6, 6.07) is 178. The van der Waals surface area contributed by atoms with E-state index in [1.807, 2.05) is 60.7 Å². The zero-order valence-corrected chi connectivity index (χ0v) is 74.9. The molecule has 7 heteroatoms. The molecule has 0 bridgehead atoms. The van der Waals surface area contributed by atoms with Crippen molar-refractivity contribution in [1.29, 1.82) is 0 Å². The first-order valence-electron chi connectivity index (χ1n) is 46.4. The molecular formula is C129H89N3O4. The van der Waals surface area contributed by atoms with Crippen LogP contribution in [-0.2, 0) is 5.41 Å². The minimum Gasteiger partial charge on any atom is -0.455 e. The van der Waals surface area contributed by atoms with E-state index in [4.69, 9.17) is 17.7 Å². The Bertz CT molecular complexity index is 8450. The molecule has 0 atom stereocenters. The first kappa shape index (κ1) is 81.5. The van der Waals surface area contributed by atoms with Gasteiger partial charge >= 0.3 is 0 Å². The predicted molar refractivity (Wildman–Crippen MR) is 568 cm³/mol. The van der Waals surface area contributed by atoms with Crippen molar-refractivity contribution in [3.05, 3.63) is 515 Å². The van der Waals surface area contributed by atoms with Crippen LogP contribution in [0.25, 0.3) is 177 Å². The molecule has 0 saturated carbocycles. The molecule has 136 heavy (non-hydrogen) atoms. The summed E-state index contributed by atoms with van der Waals surface area (Å²) in [5.41, 5.74) is 38.5. The first-order chi connectivity index (χ1) is 67.2. The highest BCUT2D eigenvalue weighted by Crippen LogP contribution is 2.53. The SMILES string of the molecule is CC1(C)c2ccccc2-c2ccc(N(c3ccc(-c4ccccc4)cc3)c3ccc(-c4cccc5c4oc4ccccc45)cc3)cc21.c1ccc(-c2ccc(N(c3ccc(-c4cccc5c4oc4ccccc45)cc3)c3ccc(-c4cccc5c4oc4ccccc45)cc3)cc2)cc1.c1ccc(-c2ccc(N(c3ccc(-c4ccccc4)cc3)c3cccc4c3oc3ccccc34)cc2)cc1. The zero-order chi connectivity index (χ0) is 90.6. The maximum Gasteiger partial charge on any atom is 0.159 e. The number of benzene rings is 21.